The highest BCUT2D eigenvalue weighted by Gasteiger charge is 2.41. The first kappa shape index (κ1) is 24.5. The van der Waals surface area contributed by atoms with Gasteiger partial charge in [0.15, 0.2) is 5.11 Å². The Hall–Kier alpha value is -4.17. The van der Waals surface area contributed by atoms with Gasteiger partial charge in [0.25, 0.3) is 0 Å². The van der Waals surface area contributed by atoms with E-state index < -0.39 is 0 Å². The first-order valence-electron chi connectivity index (χ1n) is 12.2. The van der Waals surface area contributed by atoms with Crippen LogP contribution in [0.1, 0.15) is 40.3 Å². The highest BCUT2D eigenvalue weighted by molar-refractivity contribution is 7.80. The number of benzene rings is 2. The smallest absolute Gasteiger partial charge is 0.337 e. The van der Waals surface area contributed by atoms with Gasteiger partial charge in [0.1, 0.15) is 17.6 Å². The molecule has 0 unspecified atom stereocenters. The van der Waals surface area contributed by atoms with Crippen LogP contribution in [0, 0.1) is 0 Å². The summed E-state index contributed by atoms with van der Waals surface area (Å²) in [6.07, 6.45) is 2.67. The topological polar surface area (TPSA) is 79.6 Å². The van der Waals surface area contributed by atoms with Crippen molar-refractivity contribution in [3.63, 3.8) is 0 Å². The standard InChI is InChI=1S/C29H28N4O3S/c1-35-28(34)21-10-7-9-20(19-21)24-14-15-25(36-24)27-26(23-13-5-6-16-31-23)32-29(37)33(27)18-8-17-30-22-11-3-2-4-12-22/h2-7,9-16,19,26-27,30H,8,17-18H2,1H3,(H,32,37)/t26-,27-/m0/s1. The van der Waals surface area contributed by atoms with Crippen LogP contribution in [0.2, 0.25) is 0 Å². The second kappa shape index (κ2) is 11.3. The number of ether oxygens (including phenoxy) is 1. The predicted octanol–water partition coefficient (Wildman–Crippen LogP) is 5.60. The van der Waals surface area contributed by atoms with Crippen LogP contribution >= 0.6 is 12.2 Å². The van der Waals surface area contributed by atoms with Gasteiger partial charge in [0.2, 0.25) is 0 Å². The molecule has 37 heavy (non-hydrogen) atoms. The van der Waals surface area contributed by atoms with Gasteiger partial charge in [-0.2, -0.15) is 0 Å². The van der Waals surface area contributed by atoms with E-state index in [1.54, 1.807) is 18.3 Å². The second-order valence-corrected chi connectivity index (χ2v) is 9.13. The van der Waals surface area contributed by atoms with Gasteiger partial charge in [-0.15, -0.1) is 0 Å². The molecular formula is C29H28N4O3S. The van der Waals surface area contributed by atoms with Crippen molar-refractivity contribution in [2.45, 2.75) is 18.5 Å². The Balaban J connectivity index is 1.39. The van der Waals surface area contributed by atoms with Crippen LogP contribution in [0.3, 0.4) is 0 Å². The van der Waals surface area contributed by atoms with Crippen molar-refractivity contribution in [2.24, 2.45) is 0 Å². The van der Waals surface area contributed by atoms with Crippen LogP contribution < -0.4 is 10.6 Å². The third-order valence-corrected chi connectivity index (χ3v) is 6.72. The number of thiocarbonyl (C=S) groups is 1. The molecule has 1 saturated heterocycles. The second-order valence-electron chi connectivity index (χ2n) is 8.74. The molecule has 4 aromatic rings. The molecule has 0 aliphatic carbocycles. The first-order valence-corrected chi connectivity index (χ1v) is 12.6. The summed E-state index contributed by atoms with van der Waals surface area (Å²) < 4.78 is 11.3. The molecule has 2 aromatic carbocycles. The van der Waals surface area contributed by atoms with Gasteiger partial charge in [-0.25, -0.2) is 4.79 Å². The van der Waals surface area contributed by atoms with Crippen LogP contribution in [0.5, 0.6) is 0 Å². The van der Waals surface area contributed by atoms with Gasteiger partial charge in [0.05, 0.1) is 24.4 Å². The lowest BCUT2D eigenvalue weighted by Gasteiger charge is -2.26. The summed E-state index contributed by atoms with van der Waals surface area (Å²) in [4.78, 5) is 18.8. The largest absolute Gasteiger partial charge is 0.465 e. The zero-order chi connectivity index (χ0) is 25.6. The van der Waals surface area contributed by atoms with Crippen molar-refractivity contribution in [3.05, 3.63) is 108 Å². The number of pyridine rings is 1. The molecule has 5 rings (SSSR count). The highest BCUT2D eigenvalue weighted by atomic mass is 32.1. The number of furan rings is 1. The number of esters is 1. The fourth-order valence-corrected chi connectivity index (χ4v) is 4.91. The minimum Gasteiger partial charge on any atom is -0.465 e. The molecule has 0 radical (unpaired) electrons. The third-order valence-electron chi connectivity index (χ3n) is 6.36. The van der Waals surface area contributed by atoms with Gasteiger partial charge in [0, 0.05) is 30.5 Å². The zero-order valence-electron chi connectivity index (χ0n) is 20.5. The molecule has 0 bridgehead atoms. The Morgan fingerprint density at radius 2 is 1.92 bits per heavy atom. The van der Waals surface area contributed by atoms with Crippen molar-refractivity contribution in [1.82, 2.24) is 15.2 Å². The van der Waals surface area contributed by atoms with Gasteiger partial charge in [-0.05, 0) is 67.2 Å². The van der Waals surface area contributed by atoms with E-state index in [2.05, 4.69) is 32.7 Å². The first-order chi connectivity index (χ1) is 18.1. The normalized spacial score (nSPS) is 16.9. The Kier molecular flexibility index (Phi) is 7.46. The van der Waals surface area contributed by atoms with Crippen LogP contribution in [0.25, 0.3) is 11.3 Å². The maximum Gasteiger partial charge on any atom is 0.337 e. The Morgan fingerprint density at radius 3 is 2.70 bits per heavy atom. The van der Waals surface area contributed by atoms with Gasteiger partial charge < -0.3 is 24.7 Å². The third kappa shape index (κ3) is 5.49. The fraction of sp³-hybridized carbons (Fsp3) is 0.207. The average molecular weight is 513 g/mol. The molecule has 188 valence electrons. The lowest BCUT2D eigenvalue weighted by atomic mass is 10.0. The van der Waals surface area contributed by atoms with Gasteiger partial charge in [-0.3, -0.25) is 4.98 Å². The van der Waals surface area contributed by atoms with E-state index in [0.717, 1.165) is 42.2 Å². The Bertz CT molecular complexity index is 1360. The van der Waals surface area contributed by atoms with E-state index in [1.807, 2.05) is 60.7 Å². The van der Waals surface area contributed by atoms with Crippen molar-refractivity contribution < 1.29 is 13.9 Å². The van der Waals surface area contributed by atoms with E-state index in [9.17, 15) is 4.79 Å². The van der Waals surface area contributed by atoms with E-state index in [1.165, 1.54) is 7.11 Å². The summed E-state index contributed by atoms with van der Waals surface area (Å²) in [5.74, 6) is 1.06. The molecule has 2 N–H and O–H groups in total. The fourth-order valence-electron chi connectivity index (χ4n) is 4.58. The van der Waals surface area contributed by atoms with Crippen LogP contribution in [0.15, 0.2) is 95.5 Å². The molecule has 7 nitrogen and oxygen atoms in total. The van der Waals surface area contributed by atoms with Crippen molar-refractivity contribution >= 4 is 29.0 Å². The molecule has 3 heterocycles. The molecule has 1 fully saturated rings. The maximum atomic E-state index is 12.0. The number of carbonyl (C=O) groups is 1. The summed E-state index contributed by atoms with van der Waals surface area (Å²) in [6.45, 7) is 1.56. The summed E-state index contributed by atoms with van der Waals surface area (Å²) in [5.41, 5.74) is 3.26. The number of nitrogens with one attached hydrogen (secondary N) is 2. The summed E-state index contributed by atoms with van der Waals surface area (Å²) in [5, 5.41) is 7.60. The monoisotopic (exact) mass is 512 g/mol. The molecule has 8 heteroatoms. The zero-order valence-corrected chi connectivity index (χ0v) is 21.3. The average Bonchev–Trinajstić information content (AvgIpc) is 3.56. The number of nitrogens with zero attached hydrogens (tertiary/aromatic N) is 2. The molecule has 1 aliphatic heterocycles. The summed E-state index contributed by atoms with van der Waals surface area (Å²) >= 11 is 5.77. The quantitative estimate of drug-likeness (QED) is 0.170. The number of aromatic nitrogens is 1. The number of carbonyl (C=O) groups excluding carboxylic acids is 1. The van der Waals surface area contributed by atoms with E-state index in [4.69, 9.17) is 21.4 Å². The molecule has 2 aromatic heterocycles. The Morgan fingerprint density at radius 1 is 1.08 bits per heavy atom. The van der Waals surface area contributed by atoms with Crippen LogP contribution in [-0.4, -0.2) is 41.2 Å². The van der Waals surface area contributed by atoms with Crippen LogP contribution in [-0.2, 0) is 4.74 Å². The molecule has 2 atom stereocenters. The van der Waals surface area contributed by atoms with Crippen molar-refractivity contribution in [2.75, 3.05) is 25.5 Å². The molecule has 0 amide bonds. The summed E-state index contributed by atoms with van der Waals surface area (Å²) in [6, 6.07) is 26.8. The van der Waals surface area contributed by atoms with E-state index >= 15 is 0 Å². The number of methoxy groups -OCH3 is 1. The number of hydrogen-bond donors (Lipinski definition) is 2. The Labute approximate surface area is 221 Å². The number of hydrogen-bond acceptors (Lipinski definition) is 6. The number of rotatable bonds is 9. The molecule has 0 spiro atoms. The molecular weight excluding hydrogens is 484 g/mol. The minimum absolute atomic E-state index is 0.156. The van der Waals surface area contributed by atoms with Gasteiger partial charge >= 0.3 is 5.97 Å². The molecule has 0 saturated carbocycles. The lowest BCUT2D eigenvalue weighted by Crippen LogP contribution is -2.31. The maximum absolute atomic E-state index is 12.0. The number of anilines is 1. The minimum atomic E-state index is -0.385. The lowest BCUT2D eigenvalue weighted by molar-refractivity contribution is 0.0601. The summed E-state index contributed by atoms with van der Waals surface area (Å²) in [7, 11) is 1.37. The SMILES string of the molecule is COC(=O)c1cccc(-c2ccc([C@H]3[C@H](c4ccccn4)NC(=S)N3CCCNc3ccccc3)o2)c1. The molecule has 1 aliphatic rings. The predicted molar refractivity (Wildman–Crippen MR) is 147 cm³/mol. The van der Waals surface area contributed by atoms with Crippen molar-refractivity contribution in [1.29, 1.82) is 0 Å². The number of para-hydroxylation sites is 1. The van der Waals surface area contributed by atoms with Crippen molar-refractivity contribution in [3.8, 4) is 11.3 Å². The van der Waals surface area contributed by atoms with Crippen LogP contribution in [0.4, 0.5) is 5.69 Å². The van der Waals surface area contributed by atoms with Gasteiger partial charge in [-0.1, -0.05) is 36.4 Å². The van der Waals surface area contributed by atoms with E-state index in [0.29, 0.717) is 16.4 Å². The van der Waals surface area contributed by atoms with E-state index in [-0.39, 0.29) is 18.1 Å². The highest BCUT2D eigenvalue weighted by Crippen LogP contribution is 2.40.